The van der Waals surface area contributed by atoms with Gasteiger partial charge in [-0.25, -0.2) is 4.39 Å². The van der Waals surface area contributed by atoms with E-state index < -0.39 is 11.8 Å². The molecule has 0 radical (unpaired) electrons. The van der Waals surface area contributed by atoms with Gasteiger partial charge in [0.2, 0.25) is 0 Å². The second-order valence-electron chi connectivity index (χ2n) is 2.40. The largest absolute Gasteiger partial charge is 0.481 e. The van der Waals surface area contributed by atoms with Crippen LogP contribution >= 0.6 is 23.0 Å². The summed E-state index contributed by atoms with van der Waals surface area (Å²) >= 11 is 1.62. The molecule has 1 rings (SSSR count). The minimum Gasteiger partial charge on any atom is -0.481 e. The first-order valence-electron chi connectivity index (χ1n) is 3.42. The van der Waals surface area contributed by atoms with E-state index >= 15 is 0 Å². The number of hydrogen-bond donors (Lipinski definition) is 1. The van der Waals surface area contributed by atoms with E-state index in [0.717, 1.165) is 6.07 Å². The quantitative estimate of drug-likeness (QED) is 0.870. The van der Waals surface area contributed by atoms with Gasteiger partial charge in [0.1, 0.15) is 11.6 Å². The van der Waals surface area contributed by atoms with Crippen molar-refractivity contribution < 1.29 is 17.4 Å². The predicted octanol–water partition coefficient (Wildman–Crippen LogP) is 2.18. The summed E-state index contributed by atoms with van der Waals surface area (Å²) in [5.74, 6) is -1.10. The van der Waals surface area contributed by atoms with Crippen molar-refractivity contribution in [1.29, 1.82) is 0 Å². The minimum absolute atomic E-state index is 0.240. The summed E-state index contributed by atoms with van der Waals surface area (Å²) in [5, 5.41) is 8.50. The molecule has 0 saturated carbocycles. The highest BCUT2D eigenvalue weighted by Gasteiger charge is 2.08. The molecular formula is C8H6FIO3. The Kier molecular flexibility index (Phi) is 3.47. The first-order valence-corrected chi connectivity index (χ1v) is 4.30. The Bertz CT molecular complexity index is 327. The Labute approximate surface area is 88.2 Å². The maximum Gasteiger partial charge on any atom is 0.307 e. The van der Waals surface area contributed by atoms with Crippen molar-refractivity contribution in [2.75, 3.05) is 0 Å². The molecule has 1 aromatic rings. The first-order chi connectivity index (χ1) is 6.13. The maximum atomic E-state index is 12.7. The number of benzene rings is 1. The maximum absolute atomic E-state index is 12.7. The van der Waals surface area contributed by atoms with Crippen LogP contribution in [0.4, 0.5) is 4.39 Å². The summed E-state index contributed by atoms with van der Waals surface area (Å²) in [6, 6.07) is 3.78. The van der Waals surface area contributed by atoms with Crippen LogP contribution in [0.2, 0.25) is 0 Å². The highest BCUT2D eigenvalue weighted by Crippen LogP contribution is 2.21. The van der Waals surface area contributed by atoms with Crippen LogP contribution < -0.4 is 3.07 Å². The number of halogens is 2. The van der Waals surface area contributed by atoms with Crippen LogP contribution in [-0.2, 0) is 11.2 Å². The fraction of sp³-hybridized carbons (Fsp3) is 0.125. The number of carbonyl (C=O) groups is 1. The molecule has 13 heavy (non-hydrogen) atoms. The Morgan fingerprint density at radius 2 is 2.31 bits per heavy atom. The molecule has 0 amide bonds. The molecule has 3 nitrogen and oxygen atoms in total. The Balaban J connectivity index is 3.01. The number of carboxylic acid groups (broad SMARTS) is 1. The predicted molar refractivity (Wildman–Crippen MR) is 52.4 cm³/mol. The Morgan fingerprint density at radius 1 is 1.62 bits per heavy atom. The summed E-state index contributed by atoms with van der Waals surface area (Å²) in [6.45, 7) is 0. The van der Waals surface area contributed by atoms with Gasteiger partial charge in [0.25, 0.3) is 0 Å². The third-order valence-electron chi connectivity index (χ3n) is 1.45. The normalized spacial score (nSPS) is 9.69. The van der Waals surface area contributed by atoms with Crippen molar-refractivity contribution in [3.05, 3.63) is 29.6 Å². The van der Waals surface area contributed by atoms with Gasteiger partial charge >= 0.3 is 5.97 Å². The lowest BCUT2D eigenvalue weighted by Crippen LogP contribution is -2.01. The number of aliphatic carboxylic acids is 1. The van der Waals surface area contributed by atoms with Crippen molar-refractivity contribution in [2.45, 2.75) is 6.42 Å². The standard InChI is InChI=1S/C8H6FIO3/c9-6-1-2-7(13-10)5(3-6)4-8(11)12/h1-3H,4H2,(H,11,12). The second-order valence-corrected chi connectivity index (χ2v) is 2.84. The molecule has 0 bridgehead atoms. The SMILES string of the molecule is O=C(O)Cc1cc(F)ccc1OI. The lowest BCUT2D eigenvalue weighted by molar-refractivity contribution is -0.136. The van der Waals surface area contributed by atoms with Crippen molar-refractivity contribution in [2.24, 2.45) is 0 Å². The summed E-state index contributed by atoms with van der Waals surface area (Å²) in [6.07, 6.45) is -0.240. The number of rotatable bonds is 3. The van der Waals surface area contributed by atoms with E-state index in [1.807, 2.05) is 0 Å². The van der Waals surface area contributed by atoms with Gasteiger partial charge < -0.3 is 8.17 Å². The van der Waals surface area contributed by atoms with Crippen molar-refractivity contribution >= 4 is 29.0 Å². The van der Waals surface area contributed by atoms with E-state index in [9.17, 15) is 9.18 Å². The number of hydrogen-bond acceptors (Lipinski definition) is 2. The molecule has 0 heterocycles. The fourth-order valence-corrected chi connectivity index (χ4v) is 1.35. The van der Waals surface area contributed by atoms with Crippen LogP contribution in [0.5, 0.6) is 5.75 Å². The zero-order valence-electron chi connectivity index (χ0n) is 6.46. The monoisotopic (exact) mass is 296 g/mol. The third kappa shape index (κ3) is 2.83. The summed E-state index contributed by atoms with van der Waals surface area (Å²) in [5.41, 5.74) is 0.335. The van der Waals surface area contributed by atoms with E-state index in [-0.39, 0.29) is 6.42 Å². The van der Waals surface area contributed by atoms with Gasteiger partial charge in [0, 0.05) is 5.56 Å². The van der Waals surface area contributed by atoms with E-state index in [0.29, 0.717) is 11.3 Å². The minimum atomic E-state index is -1.01. The second kappa shape index (κ2) is 4.40. The molecule has 0 aromatic heterocycles. The Morgan fingerprint density at radius 3 is 2.85 bits per heavy atom. The van der Waals surface area contributed by atoms with Crippen LogP contribution in [0, 0.1) is 5.82 Å². The summed E-state index contributed by atoms with van der Waals surface area (Å²) in [7, 11) is 0. The van der Waals surface area contributed by atoms with Crippen molar-refractivity contribution in [3.63, 3.8) is 0 Å². The van der Waals surface area contributed by atoms with Gasteiger partial charge in [-0.05, 0) is 18.2 Å². The highest BCUT2D eigenvalue weighted by molar-refractivity contribution is 14.1. The molecular weight excluding hydrogens is 290 g/mol. The Hall–Kier alpha value is -0.850. The molecule has 70 valence electrons. The van der Waals surface area contributed by atoms with E-state index in [2.05, 4.69) is 0 Å². The highest BCUT2D eigenvalue weighted by atomic mass is 127. The van der Waals surface area contributed by atoms with Gasteiger partial charge in [-0.3, -0.25) is 4.79 Å². The van der Waals surface area contributed by atoms with Gasteiger partial charge in [-0.1, -0.05) is 0 Å². The van der Waals surface area contributed by atoms with E-state index in [1.165, 1.54) is 12.1 Å². The number of carboxylic acids is 1. The van der Waals surface area contributed by atoms with Crippen molar-refractivity contribution in [3.8, 4) is 5.75 Å². The van der Waals surface area contributed by atoms with Gasteiger partial charge in [-0.15, -0.1) is 0 Å². The molecule has 0 atom stereocenters. The smallest absolute Gasteiger partial charge is 0.307 e. The average molecular weight is 296 g/mol. The van der Waals surface area contributed by atoms with Crippen LogP contribution in [0.15, 0.2) is 18.2 Å². The van der Waals surface area contributed by atoms with Crippen LogP contribution in [0.3, 0.4) is 0 Å². The molecule has 0 aliphatic carbocycles. The molecule has 0 fully saturated rings. The van der Waals surface area contributed by atoms with Crippen LogP contribution in [0.25, 0.3) is 0 Å². The molecule has 1 N–H and O–H groups in total. The molecule has 0 unspecified atom stereocenters. The molecule has 0 spiro atoms. The van der Waals surface area contributed by atoms with E-state index in [1.54, 1.807) is 23.0 Å². The molecule has 5 heteroatoms. The van der Waals surface area contributed by atoms with Crippen LogP contribution in [-0.4, -0.2) is 11.1 Å². The van der Waals surface area contributed by atoms with Gasteiger partial charge in [-0.2, -0.15) is 0 Å². The average Bonchev–Trinajstić information content (AvgIpc) is 2.03. The lowest BCUT2D eigenvalue weighted by Gasteiger charge is -2.03. The summed E-state index contributed by atoms with van der Waals surface area (Å²) < 4.78 is 17.5. The van der Waals surface area contributed by atoms with Crippen LogP contribution in [0.1, 0.15) is 5.56 Å². The van der Waals surface area contributed by atoms with Gasteiger partial charge in [0.15, 0.2) is 23.0 Å². The fourth-order valence-electron chi connectivity index (χ4n) is 0.924. The molecule has 0 saturated heterocycles. The lowest BCUT2D eigenvalue weighted by atomic mass is 10.1. The van der Waals surface area contributed by atoms with Gasteiger partial charge in [0.05, 0.1) is 6.42 Å². The third-order valence-corrected chi connectivity index (χ3v) is 1.92. The zero-order chi connectivity index (χ0) is 9.84. The topological polar surface area (TPSA) is 46.5 Å². The molecule has 0 aliphatic rings. The zero-order valence-corrected chi connectivity index (χ0v) is 8.62. The van der Waals surface area contributed by atoms with Crippen molar-refractivity contribution in [1.82, 2.24) is 0 Å². The van der Waals surface area contributed by atoms with E-state index in [4.69, 9.17) is 8.17 Å². The molecule has 0 aliphatic heterocycles. The summed E-state index contributed by atoms with van der Waals surface area (Å²) in [4.78, 5) is 10.4. The first kappa shape index (κ1) is 10.2. The molecule has 1 aromatic carbocycles.